The fraction of sp³-hybridized carbons (Fsp3) is 0.200. The number of hydrogen-bond donors (Lipinski definition) is 2. The van der Waals surface area contributed by atoms with Crippen LogP contribution in [0.4, 0.5) is 5.69 Å². The van der Waals surface area contributed by atoms with Crippen LogP contribution in [0, 0.1) is 13.8 Å². The number of halogens is 2. The van der Waals surface area contributed by atoms with Gasteiger partial charge in [-0.05, 0) is 37.1 Å². The van der Waals surface area contributed by atoms with Crippen molar-refractivity contribution in [3.8, 4) is 5.75 Å². The molecule has 0 amide bonds. The average Bonchev–Trinajstić information content (AvgIpc) is 2.40. The lowest BCUT2D eigenvalue weighted by Gasteiger charge is -2.13. The molecule has 0 aliphatic carbocycles. The van der Waals surface area contributed by atoms with Gasteiger partial charge in [-0.2, -0.15) is 0 Å². The Kier molecular flexibility index (Phi) is 4.23. The van der Waals surface area contributed by atoms with Crippen LogP contribution >= 0.6 is 23.2 Å². The minimum Gasteiger partial charge on any atom is -0.507 e. The van der Waals surface area contributed by atoms with Gasteiger partial charge < -0.3 is 10.4 Å². The number of rotatable bonds is 3. The number of nitrogens with one attached hydrogen (secondary N) is 1. The zero-order valence-corrected chi connectivity index (χ0v) is 12.3. The lowest BCUT2D eigenvalue weighted by atomic mass is 10.1. The molecule has 2 aromatic carbocycles. The molecule has 0 aliphatic heterocycles. The minimum atomic E-state index is 0.321. The van der Waals surface area contributed by atoms with Gasteiger partial charge in [-0.3, -0.25) is 0 Å². The molecular formula is C15H15Cl2NO. The Balaban J connectivity index is 2.20. The van der Waals surface area contributed by atoms with E-state index in [1.165, 1.54) is 0 Å². The second-order valence-corrected chi connectivity index (χ2v) is 5.26. The van der Waals surface area contributed by atoms with Crippen LogP contribution in [0.25, 0.3) is 0 Å². The zero-order chi connectivity index (χ0) is 14.0. The molecule has 0 fully saturated rings. The van der Waals surface area contributed by atoms with Gasteiger partial charge >= 0.3 is 0 Å². The van der Waals surface area contributed by atoms with E-state index in [1.807, 2.05) is 38.1 Å². The van der Waals surface area contributed by atoms with Crippen LogP contribution in [0.5, 0.6) is 5.75 Å². The van der Waals surface area contributed by atoms with Crippen LogP contribution in [0.15, 0.2) is 30.3 Å². The first-order chi connectivity index (χ1) is 9.00. The number of phenols is 1. The van der Waals surface area contributed by atoms with E-state index < -0.39 is 0 Å². The van der Waals surface area contributed by atoms with Crippen LogP contribution in [-0.2, 0) is 6.54 Å². The molecule has 0 radical (unpaired) electrons. The first-order valence-electron chi connectivity index (χ1n) is 5.96. The lowest BCUT2D eigenvalue weighted by Crippen LogP contribution is -2.02. The molecule has 2 nitrogen and oxygen atoms in total. The standard InChI is InChI=1S/C15H15Cl2NO/c1-9-6-7-13(10(2)15(9)19)18-8-11-4-3-5-12(16)14(11)17/h3-7,18-19H,8H2,1-2H3. The predicted molar refractivity (Wildman–Crippen MR) is 81.4 cm³/mol. The van der Waals surface area contributed by atoms with Crippen molar-refractivity contribution in [2.24, 2.45) is 0 Å². The van der Waals surface area contributed by atoms with Crippen LogP contribution < -0.4 is 5.32 Å². The molecule has 0 bridgehead atoms. The average molecular weight is 296 g/mol. The highest BCUT2D eigenvalue weighted by molar-refractivity contribution is 6.42. The van der Waals surface area contributed by atoms with Crippen molar-refractivity contribution in [1.82, 2.24) is 0 Å². The Hall–Kier alpha value is -1.38. The van der Waals surface area contributed by atoms with E-state index in [-0.39, 0.29) is 0 Å². The minimum absolute atomic E-state index is 0.321. The number of aryl methyl sites for hydroxylation is 1. The number of hydrogen-bond acceptors (Lipinski definition) is 2. The second-order valence-electron chi connectivity index (χ2n) is 4.47. The third kappa shape index (κ3) is 2.96. The van der Waals surface area contributed by atoms with Gasteiger partial charge in [-0.25, -0.2) is 0 Å². The molecule has 0 saturated heterocycles. The van der Waals surface area contributed by atoms with E-state index in [9.17, 15) is 5.11 Å². The molecule has 0 spiro atoms. The highest BCUT2D eigenvalue weighted by atomic mass is 35.5. The van der Waals surface area contributed by atoms with E-state index in [4.69, 9.17) is 23.2 Å². The van der Waals surface area contributed by atoms with Crippen LogP contribution in [0.1, 0.15) is 16.7 Å². The van der Waals surface area contributed by atoms with Gasteiger partial charge in [0.05, 0.1) is 10.0 Å². The summed E-state index contributed by atoms with van der Waals surface area (Å²) in [5.41, 5.74) is 3.51. The molecule has 100 valence electrons. The maximum atomic E-state index is 9.90. The fourth-order valence-corrected chi connectivity index (χ4v) is 2.29. The van der Waals surface area contributed by atoms with E-state index in [1.54, 1.807) is 6.07 Å². The SMILES string of the molecule is Cc1ccc(NCc2cccc(Cl)c2Cl)c(C)c1O. The summed E-state index contributed by atoms with van der Waals surface area (Å²) in [5, 5.41) is 14.3. The smallest absolute Gasteiger partial charge is 0.123 e. The topological polar surface area (TPSA) is 32.3 Å². The van der Waals surface area contributed by atoms with Gasteiger partial charge in [0.2, 0.25) is 0 Å². The number of aromatic hydroxyl groups is 1. The first-order valence-corrected chi connectivity index (χ1v) is 6.72. The maximum Gasteiger partial charge on any atom is 0.123 e. The normalized spacial score (nSPS) is 10.5. The number of phenolic OH excluding ortho intramolecular Hbond substituents is 1. The third-order valence-corrected chi connectivity index (χ3v) is 3.99. The Morgan fingerprint density at radius 2 is 1.84 bits per heavy atom. The number of benzene rings is 2. The summed E-state index contributed by atoms with van der Waals surface area (Å²) in [6, 6.07) is 9.37. The second kappa shape index (κ2) is 5.72. The molecule has 19 heavy (non-hydrogen) atoms. The van der Waals surface area contributed by atoms with Gasteiger partial charge in [0.25, 0.3) is 0 Å². The highest BCUT2D eigenvalue weighted by Crippen LogP contribution is 2.30. The predicted octanol–water partition coefficient (Wildman–Crippen LogP) is 4.93. The summed E-state index contributed by atoms with van der Waals surface area (Å²) in [4.78, 5) is 0. The van der Waals surface area contributed by atoms with Gasteiger partial charge in [-0.15, -0.1) is 0 Å². The number of anilines is 1. The van der Waals surface area contributed by atoms with Crippen molar-refractivity contribution in [2.45, 2.75) is 20.4 Å². The van der Waals surface area contributed by atoms with Gasteiger partial charge in [0, 0.05) is 17.8 Å². The van der Waals surface area contributed by atoms with Gasteiger partial charge in [-0.1, -0.05) is 41.4 Å². The Labute approximate surface area is 123 Å². The summed E-state index contributed by atoms with van der Waals surface area (Å²) < 4.78 is 0. The monoisotopic (exact) mass is 295 g/mol. The van der Waals surface area contributed by atoms with Crippen LogP contribution in [-0.4, -0.2) is 5.11 Å². The summed E-state index contributed by atoms with van der Waals surface area (Å²) >= 11 is 12.1. The molecule has 0 heterocycles. The Bertz CT molecular complexity index is 611. The quantitative estimate of drug-likeness (QED) is 0.842. The fourth-order valence-electron chi connectivity index (χ4n) is 1.90. The van der Waals surface area contributed by atoms with E-state index >= 15 is 0 Å². The zero-order valence-electron chi connectivity index (χ0n) is 10.8. The van der Waals surface area contributed by atoms with Gasteiger partial charge in [0.1, 0.15) is 5.75 Å². The van der Waals surface area contributed by atoms with Crippen LogP contribution in [0.2, 0.25) is 10.0 Å². The maximum absolute atomic E-state index is 9.90. The molecule has 0 unspecified atom stereocenters. The molecule has 2 N–H and O–H groups in total. The molecule has 0 saturated carbocycles. The largest absolute Gasteiger partial charge is 0.507 e. The summed E-state index contributed by atoms with van der Waals surface area (Å²) in [5.74, 6) is 0.321. The molecule has 2 rings (SSSR count). The van der Waals surface area contributed by atoms with Gasteiger partial charge in [0.15, 0.2) is 0 Å². The molecule has 0 aromatic heterocycles. The lowest BCUT2D eigenvalue weighted by molar-refractivity contribution is 0.467. The van der Waals surface area contributed by atoms with Crippen molar-refractivity contribution >= 4 is 28.9 Å². The highest BCUT2D eigenvalue weighted by Gasteiger charge is 2.08. The summed E-state index contributed by atoms with van der Waals surface area (Å²) in [6.07, 6.45) is 0. The van der Waals surface area contributed by atoms with Crippen molar-refractivity contribution in [1.29, 1.82) is 0 Å². The van der Waals surface area contributed by atoms with E-state index in [2.05, 4.69) is 5.32 Å². The van der Waals surface area contributed by atoms with Crippen molar-refractivity contribution in [3.63, 3.8) is 0 Å². The Morgan fingerprint density at radius 1 is 1.11 bits per heavy atom. The third-order valence-electron chi connectivity index (χ3n) is 3.13. The van der Waals surface area contributed by atoms with Crippen LogP contribution in [0.3, 0.4) is 0 Å². The van der Waals surface area contributed by atoms with Crippen molar-refractivity contribution in [3.05, 3.63) is 57.1 Å². The molecule has 4 heteroatoms. The first kappa shape index (κ1) is 14.0. The summed E-state index contributed by atoms with van der Waals surface area (Å²) in [7, 11) is 0. The summed E-state index contributed by atoms with van der Waals surface area (Å²) in [6.45, 7) is 4.31. The van der Waals surface area contributed by atoms with E-state index in [0.717, 1.165) is 22.4 Å². The molecule has 0 atom stereocenters. The molecular weight excluding hydrogens is 281 g/mol. The van der Waals surface area contributed by atoms with Crippen molar-refractivity contribution < 1.29 is 5.11 Å². The Morgan fingerprint density at radius 3 is 2.58 bits per heavy atom. The molecule has 0 aliphatic rings. The van der Waals surface area contributed by atoms with E-state index in [0.29, 0.717) is 22.3 Å². The molecule has 2 aromatic rings. The van der Waals surface area contributed by atoms with Crippen molar-refractivity contribution in [2.75, 3.05) is 5.32 Å².